The molecule has 0 bridgehead atoms. The maximum Gasteiger partial charge on any atom is 0.322 e. The monoisotopic (exact) mass is 373 g/mol. The zero-order valence-electron chi connectivity index (χ0n) is 15.3. The fraction of sp³-hybridized carbons (Fsp3) is 0.556. The van der Waals surface area contributed by atoms with E-state index in [0.717, 1.165) is 36.9 Å². The van der Waals surface area contributed by atoms with Gasteiger partial charge in [-0.1, -0.05) is 12.1 Å². The summed E-state index contributed by atoms with van der Waals surface area (Å²) in [6.07, 6.45) is 4.66. The van der Waals surface area contributed by atoms with E-state index in [4.69, 9.17) is 9.26 Å². The van der Waals surface area contributed by atoms with E-state index >= 15 is 0 Å². The van der Waals surface area contributed by atoms with E-state index in [1.165, 1.54) is 0 Å². The zero-order chi connectivity index (χ0) is 18.8. The second-order valence-corrected chi connectivity index (χ2v) is 6.95. The van der Waals surface area contributed by atoms with Gasteiger partial charge in [0, 0.05) is 12.1 Å². The molecule has 9 heteroatoms. The van der Waals surface area contributed by atoms with Crippen LogP contribution in [-0.4, -0.2) is 45.2 Å². The number of carbonyl (C=O) groups excluding carboxylic acids is 1. The lowest BCUT2D eigenvalue weighted by atomic mass is 9.96. The summed E-state index contributed by atoms with van der Waals surface area (Å²) in [5, 5.41) is 6.53. The van der Waals surface area contributed by atoms with E-state index in [1.54, 1.807) is 11.0 Å². The van der Waals surface area contributed by atoms with Crippen molar-refractivity contribution >= 4 is 11.7 Å². The number of amides is 2. The van der Waals surface area contributed by atoms with E-state index in [0.29, 0.717) is 36.9 Å². The number of nitrogens with zero attached hydrogens (tertiary/aromatic N) is 3. The first-order valence-corrected chi connectivity index (χ1v) is 9.36. The Morgan fingerprint density at radius 3 is 3.00 bits per heavy atom. The fourth-order valence-corrected chi connectivity index (χ4v) is 3.35. The molecule has 2 aliphatic rings. The van der Waals surface area contributed by atoms with Gasteiger partial charge in [0.25, 0.3) is 11.4 Å². The topological polar surface area (TPSA) is 113 Å². The second-order valence-electron chi connectivity index (χ2n) is 6.95. The Kier molecular flexibility index (Phi) is 4.93. The van der Waals surface area contributed by atoms with Gasteiger partial charge in [-0.25, -0.2) is 4.79 Å². The molecule has 9 nitrogen and oxygen atoms in total. The van der Waals surface area contributed by atoms with Gasteiger partial charge in [0.1, 0.15) is 12.3 Å². The van der Waals surface area contributed by atoms with Crippen molar-refractivity contribution in [3.05, 3.63) is 39.4 Å². The minimum absolute atomic E-state index is 0.0745. The van der Waals surface area contributed by atoms with Crippen LogP contribution in [0.1, 0.15) is 42.7 Å². The highest BCUT2D eigenvalue weighted by atomic mass is 16.5. The molecule has 0 radical (unpaired) electrons. The Morgan fingerprint density at radius 1 is 1.41 bits per heavy atom. The van der Waals surface area contributed by atoms with E-state index in [-0.39, 0.29) is 24.3 Å². The lowest BCUT2D eigenvalue weighted by Gasteiger charge is -2.38. The number of ether oxygens (including phenoxy) is 1. The molecule has 1 aliphatic carbocycles. The van der Waals surface area contributed by atoms with E-state index in [2.05, 4.69) is 20.4 Å². The zero-order valence-corrected chi connectivity index (χ0v) is 15.3. The third-order valence-electron chi connectivity index (χ3n) is 4.98. The van der Waals surface area contributed by atoms with Crippen LogP contribution in [0, 0.1) is 0 Å². The Morgan fingerprint density at radius 2 is 2.22 bits per heavy atom. The van der Waals surface area contributed by atoms with Gasteiger partial charge in [0.05, 0.1) is 19.2 Å². The highest BCUT2D eigenvalue weighted by molar-refractivity contribution is 5.89. The number of aryl methyl sites for hydroxylation is 3. The second kappa shape index (κ2) is 7.51. The first kappa shape index (κ1) is 17.7. The number of likely N-dealkylation sites (tertiary alicyclic amines) is 1. The number of pyridine rings is 1. The average molecular weight is 373 g/mol. The van der Waals surface area contributed by atoms with Crippen molar-refractivity contribution in [1.82, 2.24) is 20.0 Å². The van der Waals surface area contributed by atoms with Crippen molar-refractivity contribution in [3.63, 3.8) is 0 Å². The predicted octanol–water partition coefficient (Wildman–Crippen LogP) is 1.63. The van der Waals surface area contributed by atoms with Crippen LogP contribution >= 0.6 is 0 Å². The molecule has 2 aromatic rings. The number of nitrogens with one attached hydrogen (secondary N) is 2. The van der Waals surface area contributed by atoms with Crippen LogP contribution in [0.4, 0.5) is 10.5 Å². The smallest absolute Gasteiger partial charge is 0.322 e. The summed E-state index contributed by atoms with van der Waals surface area (Å²) >= 11 is 0. The van der Waals surface area contributed by atoms with Crippen molar-refractivity contribution in [2.45, 2.75) is 51.7 Å². The summed E-state index contributed by atoms with van der Waals surface area (Å²) < 4.78 is 10.7. The highest BCUT2D eigenvalue weighted by Crippen LogP contribution is 2.21. The van der Waals surface area contributed by atoms with Gasteiger partial charge >= 0.3 is 6.03 Å². The van der Waals surface area contributed by atoms with Crippen molar-refractivity contribution in [2.75, 3.05) is 18.4 Å². The Labute approximate surface area is 156 Å². The molecular formula is C18H23N5O4. The van der Waals surface area contributed by atoms with Crippen molar-refractivity contribution in [1.29, 1.82) is 0 Å². The maximum absolute atomic E-state index is 12.3. The van der Waals surface area contributed by atoms with Crippen LogP contribution in [-0.2, 0) is 30.6 Å². The average Bonchev–Trinajstić information content (AvgIpc) is 3.09. The highest BCUT2D eigenvalue weighted by Gasteiger charge is 2.32. The molecule has 0 saturated carbocycles. The predicted molar refractivity (Wildman–Crippen MR) is 96.5 cm³/mol. The van der Waals surface area contributed by atoms with Crippen LogP contribution in [0.15, 0.2) is 15.4 Å². The lowest BCUT2D eigenvalue weighted by molar-refractivity contribution is -0.0496. The minimum atomic E-state index is -0.290. The first-order chi connectivity index (χ1) is 13.1. The molecule has 144 valence electrons. The molecule has 3 heterocycles. The summed E-state index contributed by atoms with van der Waals surface area (Å²) in [6, 6.07) is 1.52. The lowest BCUT2D eigenvalue weighted by Crippen LogP contribution is -2.56. The Bertz CT molecular complexity index is 884. The normalized spacial score (nSPS) is 16.7. The summed E-state index contributed by atoms with van der Waals surface area (Å²) in [5.41, 5.74) is 2.17. The number of aromatic amines is 1. The molecule has 0 unspecified atom stereocenters. The van der Waals surface area contributed by atoms with Crippen LogP contribution in [0.5, 0.6) is 0 Å². The quantitative estimate of drug-likeness (QED) is 0.824. The molecule has 2 amide bonds. The molecule has 1 fully saturated rings. The maximum atomic E-state index is 12.3. The summed E-state index contributed by atoms with van der Waals surface area (Å²) in [4.78, 5) is 33.2. The van der Waals surface area contributed by atoms with Crippen molar-refractivity contribution < 1.29 is 14.1 Å². The molecule has 2 N–H and O–H groups in total. The number of fused-ring (bicyclic) bond motifs is 1. The van der Waals surface area contributed by atoms with Crippen molar-refractivity contribution in [2.24, 2.45) is 0 Å². The number of anilines is 1. The molecule has 0 aromatic carbocycles. The van der Waals surface area contributed by atoms with E-state index < -0.39 is 0 Å². The number of rotatable bonds is 5. The van der Waals surface area contributed by atoms with Gasteiger partial charge in [-0.3, -0.25) is 4.79 Å². The molecule has 1 saturated heterocycles. The van der Waals surface area contributed by atoms with Crippen LogP contribution in [0.25, 0.3) is 0 Å². The number of H-pyrrole nitrogens is 1. The van der Waals surface area contributed by atoms with Gasteiger partial charge in [0.2, 0.25) is 0 Å². The Balaban J connectivity index is 1.27. The summed E-state index contributed by atoms with van der Waals surface area (Å²) in [6.45, 7) is 3.11. The molecule has 1 aliphatic heterocycles. The minimum Gasteiger partial charge on any atom is -0.365 e. The molecule has 4 rings (SSSR count). The number of carbonyl (C=O) groups is 1. The Hall–Kier alpha value is -2.68. The van der Waals surface area contributed by atoms with Gasteiger partial charge in [0.15, 0.2) is 5.82 Å². The molecule has 0 atom stereocenters. The van der Waals surface area contributed by atoms with E-state index in [1.807, 2.05) is 6.92 Å². The van der Waals surface area contributed by atoms with E-state index in [9.17, 15) is 9.59 Å². The molecule has 0 spiro atoms. The summed E-state index contributed by atoms with van der Waals surface area (Å²) in [7, 11) is 0. The van der Waals surface area contributed by atoms with Crippen LogP contribution < -0.4 is 10.9 Å². The molecular weight excluding hydrogens is 350 g/mol. The van der Waals surface area contributed by atoms with Gasteiger partial charge in [-0.15, -0.1) is 0 Å². The van der Waals surface area contributed by atoms with Crippen LogP contribution in [0.2, 0.25) is 0 Å². The van der Waals surface area contributed by atoms with Gasteiger partial charge < -0.3 is 24.5 Å². The summed E-state index contributed by atoms with van der Waals surface area (Å²) in [5.74, 6) is 1.09. The molecule has 27 heavy (non-hydrogen) atoms. The van der Waals surface area contributed by atoms with Gasteiger partial charge in [-0.05, 0) is 37.3 Å². The number of urea groups is 1. The molecule has 2 aromatic heterocycles. The largest absolute Gasteiger partial charge is 0.365 e. The fourth-order valence-electron chi connectivity index (χ4n) is 3.35. The van der Waals surface area contributed by atoms with Crippen molar-refractivity contribution in [3.8, 4) is 0 Å². The first-order valence-electron chi connectivity index (χ1n) is 9.36. The number of aromatic nitrogens is 3. The third-order valence-corrected chi connectivity index (χ3v) is 4.98. The number of hydrogen-bond donors (Lipinski definition) is 2. The van der Waals surface area contributed by atoms with Crippen LogP contribution in [0.3, 0.4) is 0 Å². The SMILES string of the molecule is CCc1noc(COC2CN(C(=O)Nc3cc4c([nH]c3=O)CCCC4)C2)n1. The third kappa shape index (κ3) is 3.87. The standard InChI is InChI=1S/C18H23N5O4/c1-2-15-21-16(27-22-15)10-26-12-8-23(9-12)18(25)20-14-7-11-5-3-4-6-13(11)19-17(14)24/h7,12H,2-6,8-10H2,1H3,(H,19,24)(H,20,25). The van der Waals surface area contributed by atoms with Gasteiger partial charge in [-0.2, -0.15) is 4.98 Å². The number of hydrogen-bond acceptors (Lipinski definition) is 6.